The van der Waals surface area contributed by atoms with E-state index in [4.69, 9.17) is 5.10 Å². The number of hydrogen-bond donors (Lipinski definition) is 0. The van der Waals surface area contributed by atoms with E-state index in [0.29, 0.717) is 0 Å². The molecule has 0 amide bonds. The fourth-order valence-corrected chi connectivity index (χ4v) is 3.85. The third kappa shape index (κ3) is 3.05. The Morgan fingerprint density at radius 1 is 1.04 bits per heavy atom. The molecule has 0 N–H and O–H groups in total. The van der Waals surface area contributed by atoms with Crippen molar-refractivity contribution in [3.05, 3.63) is 58.0 Å². The van der Waals surface area contributed by atoms with Gasteiger partial charge in [0.05, 0.1) is 16.4 Å². The molecule has 24 heavy (non-hydrogen) atoms. The van der Waals surface area contributed by atoms with Gasteiger partial charge < -0.3 is 0 Å². The number of rotatable bonds is 4. The first kappa shape index (κ1) is 15.3. The van der Waals surface area contributed by atoms with Crippen molar-refractivity contribution >= 4 is 28.7 Å². The summed E-state index contributed by atoms with van der Waals surface area (Å²) >= 11 is 3.26. The van der Waals surface area contributed by atoms with Crippen molar-refractivity contribution in [2.45, 2.75) is 24.8 Å². The Hall–Kier alpha value is -2.25. The topological polar surface area (TPSA) is 56.0 Å². The number of hydrogen-bond acceptors (Lipinski definition) is 6. The van der Waals surface area contributed by atoms with Gasteiger partial charge in [0.1, 0.15) is 0 Å². The molecule has 0 bridgehead atoms. The van der Waals surface area contributed by atoms with Crippen molar-refractivity contribution in [1.29, 1.82) is 0 Å². The maximum atomic E-state index is 4.71. The van der Waals surface area contributed by atoms with E-state index in [1.165, 1.54) is 5.56 Å². The predicted octanol–water partition coefficient (Wildman–Crippen LogP) is 4.16. The Balaban J connectivity index is 1.64. The van der Waals surface area contributed by atoms with Crippen LogP contribution in [0.5, 0.6) is 0 Å². The fraction of sp³-hybridized carbons (Fsp3) is 0.176. The van der Waals surface area contributed by atoms with Crippen LogP contribution in [0.15, 0.2) is 46.9 Å². The van der Waals surface area contributed by atoms with Crippen LogP contribution in [-0.2, 0) is 5.75 Å². The van der Waals surface area contributed by atoms with Crippen LogP contribution in [0.25, 0.3) is 16.9 Å². The molecule has 3 aromatic heterocycles. The second-order valence-electron chi connectivity index (χ2n) is 5.48. The second-order valence-corrected chi connectivity index (χ2v) is 7.49. The zero-order valence-corrected chi connectivity index (χ0v) is 14.9. The molecule has 0 spiro atoms. The van der Waals surface area contributed by atoms with Crippen molar-refractivity contribution in [1.82, 2.24) is 24.8 Å². The van der Waals surface area contributed by atoms with Crippen molar-refractivity contribution in [3.8, 4) is 11.3 Å². The highest BCUT2D eigenvalue weighted by molar-refractivity contribution is 7.98. The zero-order chi connectivity index (χ0) is 16.5. The Morgan fingerprint density at radius 2 is 1.88 bits per heavy atom. The smallest absolute Gasteiger partial charge is 0.212 e. The van der Waals surface area contributed by atoms with Crippen LogP contribution in [0.4, 0.5) is 0 Å². The summed E-state index contributed by atoms with van der Waals surface area (Å²) in [5, 5.41) is 17.1. The van der Waals surface area contributed by atoms with Crippen molar-refractivity contribution in [3.63, 3.8) is 0 Å². The first-order chi connectivity index (χ1) is 11.7. The highest BCUT2D eigenvalue weighted by Crippen LogP contribution is 2.24. The molecule has 0 atom stereocenters. The maximum Gasteiger partial charge on any atom is 0.212 e. The fourth-order valence-electron chi connectivity index (χ4n) is 2.35. The molecule has 1 aromatic carbocycles. The summed E-state index contributed by atoms with van der Waals surface area (Å²) in [5.74, 6) is 0.765. The Bertz CT molecular complexity index is 988. The molecule has 0 aliphatic heterocycles. The SMILES string of the molecule is Cc1ccc(-c2ccc3nnc(SCc4csc(C)n4)n3n2)cc1. The number of fused-ring (bicyclic) bond motifs is 1. The molecular formula is C17H15N5S2. The lowest BCUT2D eigenvalue weighted by molar-refractivity contribution is 0.812. The Labute approximate surface area is 147 Å². The van der Waals surface area contributed by atoms with Crippen LogP contribution in [0.3, 0.4) is 0 Å². The summed E-state index contributed by atoms with van der Waals surface area (Å²) in [4.78, 5) is 4.48. The summed E-state index contributed by atoms with van der Waals surface area (Å²) in [7, 11) is 0. The lowest BCUT2D eigenvalue weighted by Crippen LogP contribution is -1.96. The molecule has 0 saturated carbocycles. The number of aryl methyl sites for hydroxylation is 2. The minimum absolute atomic E-state index is 0.753. The molecule has 0 saturated heterocycles. The Kier molecular flexibility index (Phi) is 4.03. The third-order valence-electron chi connectivity index (χ3n) is 3.60. The van der Waals surface area contributed by atoms with Gasteiger partial charge in [-0.15, -0.1) is 21.5 Å². The van der Waals surface area contributed by atoms with E-state index in [1.807, 2.05) is 19.1 Å². The van der Waals surface area contributed by atoms with Gasteiger partial charge in [0.25, 0.3) is 0 Å². The second kappa shape index (κ2) is 6.33. The first-order valence-corrected chi connectivity index (χ1v) is 9.39. The van der Waals surface area contributed by atoms with E-state index < -0.39 is 0 Å². The summed E-state index contributed by atoms with van der Waals surface area (Å²) in [6, 6.07) is 12.3. The van der Waals surface area contributed by atoms with E-state index in [2.05, 4.69) is 51.8 Å². The maximum absolute atomic E-state index is 4.71. The van der Waals surface area contributed by atoms with Gasteiger partial charge in [0.2, 0.25) is 5.16 Å². The van der Waals surface area contributed by atoms with Crippen LogP contribution in [-0.4, -0.2) is 24.8 Å². The summed E-state index contributed by atoms with van der Waals surface area (Å²) in [6.07, 6.45) is 0. The van der Waals surface area contributed by atoms with Crippen molar-refractivity contribution in [2.75, 3.05) is 0 Å². The monoisotopic (exact) mass is 353 g/mol. The largest absolute Gasteiger partial charge is 0.246 e. The van der Waals surface area contributed by atoms with Gasteiger partial charge in [0.15, 0.2) is 5.65 Å². The molecule has 5 nitrogen and oxygen atoms in total. The summed E-state index contributed by atoms with van der Waals surface area (Å²) in [5.41, 5.74) is 5.05. The van der Waals surface area contributed by atoms with Crippen LogP contribution < -0.4 is 0 Å². The van der Waals surface area contributed by atoms with Crippen LogP contribution in [0.2, 0.25) is 0 Å². The van der Waals surface area contributed by atoms with Crippen molar-refractivity contribution in [2.24, 2.45) is 0 Å². The minimum atomic E-state index is 0.753. The number of aromatic nitrogens is 5. The van der Waals surface area contributed by atoms with Gasteiger partial charge >= 0.3 is 0 Å². The number of thioether (sulfide) groups is 1. The molecular weight excluding hydrogens is 338 g/mol. The molecule has 0 radical (unpaired) electrons. The van der Waals surface area contributed by atoms with E-state index in [1.54, 1.807) is 27.6 Å². The Morgan fingerprint density at radius 3 is 2.62 bits per heavy atom. The molecule has 7 heteroatoms. The van der Waals surface area contributed by atoms with E-state index in [9.17, 15) is 0 Å². The normalized spacial score (nSPS) is 11.2. The highest BCUT2D eigenvalue weighted by Gasteiger charge is 2.10. The van der Waals surface area contributed by atoms with Crippen molar-refractivity contribution < 1.29 is 0 Å². The molecule has 120 valence electrons. The van der Waals surface area contributed by atoms with E-state index in [0.717, 1.165) is 38.5 Å². The quantitative estimate of drug-likeness (QED) is 0.516. The molecule has 0 unspecified atom stereocenters. The molecule has 3 heterocycles. The molecule has 0 fully saturated rings. The lowest BCUT2D eigenvalue weighted by atomic mass is 10.1. The van der Waals surface area contributed by atoms with Gasteiger partial charge in [-0.1, -0.05) is 41.6 Å². The number of benzene rings is 1. The highest BCUT2D eigenvalue weighted by atomic mass is 32.2. The number of nitrogens with zero attached hydrogens (tertiary/aromatic N) is 5. The summed E-state index contributed by atoms with van der Waals surface area (Å²) < 4.78 is 1.80. The third-order valence-corrected chi connectivity index (χ3v) is 5.37. The number of thiazole rings is 1. The first-order valence-electron chi connectivity index (χ1n) is 7.52. The zero-order valence-electron chi connectivity index (χ0n) is 13.3. The van der Waals surface area contributed by atoms with Gasteiger partial charge in [-0.25, -0.2) is 4.98 Å². The lowest BCUT2D eigenvalue weighted by Gasteiger charge is -2.03. The van der Waals surface area contributed by atoms with Crippen LogP contribution in [0.1, 0.15) is 16.3 Å². The molecule has 0 aliphatic carbocycles. The van der Waals surface area contributed by atoms with E-state index >= 15 is 0 Å². The minimum Gasteiger partial charge on any atom is -0.246 e. The average molecular weight is 353 g/mol. The van der Waals surface area contributed by atoms with Gasteiger partial charge in [-0.05, 0) is 26.0 Å². The molecule has 0 aliphatic rings. The predicted molar refractivity (Wildman–Crippen MR) is 97.4 cm³/mol. The summed E-state index contributed by atoms with van der Waals surface area (Å²) in [6.45, 7) is 4.09. The molecule has 4 rings (SSSR count). The van der Waals surface area contributed by atoms with Gasteiger partial charge in [-0.2, -0.15) is 9.61 Å². The average Bonchev–Trinajstić information content (AvgIpc) is 3.19. The van der Waals surface area contributed by atoms with E-state index in [-0.39, 0.29) is 0 Å². The van der Waals surface area contributed by atoms with Crippen LogP contribution >= 0.6 is 23.1 Å². The van der Waals surface area contributed by atoms with Crippen LogP contribution in [0, 0.1) is 13.8 Å². The standard InChI is InChI=1S/C17H15N5S2/c1-11-3-5-13(6-4-11)15-7-8-16-19-20-17(22(16)21-15)24-10-14-9-23-12(2)18-14/h3-9H,10H2,1-2H3. The van der Waals surface area contributed by atoms with Gasteiger partial charge in [0, 0.05) is 16.7 Å². The molecule has 4 aromatic rings. The van der Waals surface area contributed by atoms with Gasteiger partial charge in [-0.3, -0.25) is 0 Å².